The van der Waals surface area contributed by atoms with E-state index in [-0.39, 0.29) is 5.92 Å². The zero-order chi connectivity index (χ0) is 10.3. The Morgan fingerprint density at radius 2 is 2.14 bits per heavy atom. The lowest BCUT2D eigenvalue weighted by atomic mass is 9.84. The van der Waals surface area contributed by atoms with Gasteiger partial charge in [-0.15, -0.1) is 11.8 Å². The molecule has 1 nitrogen and oxygen atoms in total. The van der Waals surface area contributed by atoms with Crippen molar-refractivity contribution in [3.05, 3.63) is 29.3 Å². The van der Waals surface area contributed by atoms with Crippen LogP contribution in [0, 0.1) is 6.92 Å². The number of thioether (sulfide) groups is 1. The Labute approximate surface area is 89.5 Å². The molecule has 2 rings (SSSR count). The molecule has 0 aliphatic carbocycles. The normalized spacial score (nSPS) is 21.0. The van der Waals surface area contributed by atoms with Crippen molar-refractivity contribution in [2.45, 2.75) is 37.2 Å². The van der Waals surface area contributed by atoms with E-state index in [4.69, 9.17) is 0 Å². The first kappa shape index (κ1) is 10.1. The molecule has 76 valence electrons. The van der Waals surface area contributed by atoms with Crippen molar-refractivity contribution in [2.75, 3.05) is 5.75 Å². The van der Waals surface area contributed by atoms with Gasteiger partial charge in [0.25, 0.3) is 0 Å². The molecule has 0 saturated carbocycles. The minimum absolute atomic E-state index is 0.281. The highest BCUT2D eigenvalue weighted by Crippen LogP contribution is 2.45. The SMILES string of the molecule is Cc1cccc2c1C(C(C)(C)O)CS2. The molecular weight excluding hydrogens is 192 g/mol. The number of hydrogen-bond donors (Lipinski definition) is 1. The Balaban J connectivity index is 2.48. The Kier molecular flexibility index (Phi) is 2.36. The molecule has 0 bridgehead atoms. The summed E-state index contributed by atoms with van der Waals surface area (Å²) in [6.45, 7) is 5.93. The predicted octanol–water partition coefficient (Wildman–Crippen LogP) is 2.96. The molecule has 1 aromatic carbocycles. The van der Waals surface area contributed by atoms with E-state index in [0.717, 1.165) is 5.75 Å². The van der Waals surface area contributed by atoms with Crippen LogP contribution in [0.3, 0.4) is 0 Å². The quantitative estimate of drug-likeness (QED) is 0.765. The van der Waals surface area contributed by atoms with E-state index in [1.165, 1.54) is 16.0 Å². The lowest BCUT2D eigenvalue weighted by Crippen LogP contribution is -2.29. The summed E-state index contributed by atoms with van der Waals surface area (Å²) in [4.78, 5) is 1.34. The summed E-state index contributed by atoms with van der Waals surface area (Å²) in [5, 5.41) is 10.1. The van der Waals surface area contributed by atoms with Crippen LogP contribution >= 0.6 is 11.8 Å². The van der Waals surface area contributed by atoms with Gasteiger partial charge in [0, 0.05) is 16.6 Å². The fraction of sp³-hybridized carbons (Fsp3) is 0.500. The second kappa shape index (κ2) is 3.28. The Morgan fingerprint density at radius 3 is 2.79 bits per heavy atom. The zero-order valence-electron chi connectivity index (χ0n) is 8.87. The average Bonchev–Trinajstić information content (AvgIpc) is 2.47. The largest absolute Gasteiger partial charge is 0.390 e. The predicted molar refractivity (Wildman–Crippen MR) is 60.9 cm³/mol. The van der Waals surface area contributed by atoms with Gasteiger partial charge in [0.1, 0.15) is 0 Å². The highest BCUT2D eigenvalue weighted by molar-refractivity contribution is 7.99. The number of fused-ring (bicyclic) bond motifs is 1. The molecule has 0 amide bonds. The van der Waals surface area contributed by atoms with Gasteiger partial charge < -0.3 is 5.11 Å². The second-order valence-corrected chi connectivity index (χ2v) is 5.57. The minimum Gasteiger partial charge on any atom is -0.390 e. The minimum atomic E-state index is -0.607. The van der Waals surface area contributed by atoms with E-state index >= 15 is 0 Å². The van der Waals surface area contributed by atoms with Gasteiger partial charge in [-0.3, -0.25) is 0 Å². The van der Waals surface area contributed by atoms with Crippen molar-refractivity contribution in [2.24, 2.45) is 0 Å². The van der Waals surface area contributed by atoms with Crippen LogP contribution in [0.15, 0.2) is 23.1 Å². The molecule has 1 N–H and O–H groups in total. The maximum absolute atomic E-state index is 10.1. The smallest absolute Gasteiger partial charge is 0.0668 e. The summed E-state index contributed by atoms with van der Waals surface area (Å²) in [5.41, 5.74) is 2.05. The molecule has 1 unspecified atom stereocenters. The maximum Gasteiger partial charge on any atom is 0.0668 e. The van der Waals surface area contributed by atoms with E-state index in [1.807, 2.05) is 25.6 Å². The molecule has 0 saturated heterocycles. The van der Waals surface area contributed by atoms with Gasteiger partial charge in [-0.05, 0) is 38.0 Å². The summed E-state index contributed by atoms with van der Waals surface area (Å²) in [6, 6.07) is 6.37. The first-order valence-corrected chi connectivity index (χ1v) is 5.93. The molecule has 1 atom stereocenters. The maximum atomic E-state index is 10.1. The standard InChI is InChI=1S/C12H16OS/c1-8-5-4-6-10-11(8)9(7-14-10)12(2,3)13/h4-6,9,13H,7H2,1-3H3. The van der Waals surface area contributed by atoms with E-state index < -0.39 is 5.60 Å². The highest BCUT2D eigenvalue weighted by atomic mass is 32.2. The summed E-state index contributed by atoms with van der Waals surface area (Å²) >= 11 is 1.86. The monoisotopic (exact) mass is 208 g/mol. The van der Waals surface area contributed by atoms with Crippen LogP contribution < -0.4 is 0 Å². The molecular formula is C12H16OS. The summed E-state index contributed by atoms with van der Waals surface area (Å²) < 4.78 is 0. The lowest BCUT2D eigenvalue weighted by Gasteiger charge is -2.26. The summed E-state index contributed by atoms with van der Waals surface area (Å²) in [7, 11) is 0. The lowest BCUT2D eigenvalue weighted by molar-refractivity contribution is 0.0576. The molecule has 1 heterocycles. The van der Waals surface area contributed by atoms with E-state index in [2.05, 4.69) is 25.1 Å². The summed E-state index contributed by atoms with van der Waals surface area (Å²) in [6.07, 6.45) is 0. The van der Waals surface area contributed by atoms with Gasteiger partial charge >= 0.3 is 0 Å². The fourth-order valence-corrected chi connectivity index (χ4v) is 3.59. The van der Waals surface area contributed by atoms with Crippen LogP contribution in [-0.4, -0.2) is 16.5 Å². The topological polar surface area (TPSA) is 20.2 Å². The van der Waals surface area contributed by atoms with Gasteiger partial charge in [-0.2, -0.15) is 0 Å². The highest BCUT2D eigenvalue weighted by Gasteiger charge is 2.35. The van der Waals surface area contributed by atoms with Gasteiger partial charge in [0.2, 0.25) is 0 Å². The van der Waals surface area contributed by atoms with E-state index in [9.17, 15) is 5.11 Å². The van der Waals surface area contributed by atoms with E-state index in [0.29, 0.717) is 0 Å². The van der Waals surface area contributed by atoms with Gasteiger partial charge in [-0.25, -0.2) is 0 Å². The van der Waals surface area contributed by atoms with Crippen LogP contribution in [0.25, 0.3) is 0 Å². The molecule has 1 aliphatic heterocycles. The Morgan fingerprint density at radius 1 is 1.43 bits per heavy atom. The zero-order valence-corrected chi connectivity index (χ0v) is 9.69. The Bertz CT molecular complexity index is 352. The van der Waals surface area contributed by atoms with Gasteiger partial charge in [-0.1, -0.05) is 12.1 Å². The van der Waals surface area contributed by atoms with Crippen LogP contribution in [-0.2, 0) is 0 Å². The first-order valence-electron chi connectivity index (χ1n) is 4.95. The number of hydrogen-bond acceptors (Lipinski definition) is 2. The van der Waals surface area contributed by atoms with Crippen molar-refractivity contribution in [1.29, 1.82) is 0 Å². The van der Waals surface area contributed by atoms with Gasteiger partial charge in [0.15, 0.2) is 0 Å². The Hall–Kier alpha value is -0.470. The van der Waals surface area contributed by atoms with Crippen LogP contribution in [0.5, 0.6) is 0 Å². The van der Waals surface area contributed by atoms with Crippen molar-refractivity contribution < 1.29 is 5.11 Å². The molecule has 0 aromatic heterocycles. The van der Waals surface area contributed by atoms with Gasteiger partial charge in [0.05, 0.1) is 5.60 Å². The van der Waals surface area contributed by atoms with Crippen LogP contribution in [0.2, 0.25) is 0 Å². The van der Waals surface area contributed by atoms with Crippen molar-refractivity contribution in [1.82, 2.24) is 0 Å². The number of aliphatic hydroxyl groups is 1. The van der Waals surface area contributed by atoms with Crippen molar-refractivity contribution in [3.8, 4) is 0 Å². The van der Waals surface area contributed by atoms with E-state index in [1.54, 1.807) is 0 Å². The third-order valence-electron chi connectivity index (χ3n) is 2.89. The second-order valence-electron chi connectivity index (χ2n) is 4.50. The van der Waals surface area contributed by atoms with Crippen LogP contribution in [0.1, 0.15) is 30.9 Å². The number of aryl methyl sites for hydroxylation is 1. The molecule has 0 fully saturated rings. The molecule has 1 aliphatic rings. The number of rotatable bonds is 1. The molecule has 0 spiro atoms. The fourth-order valence-electron chi connectivity index (χ4n) is 2.04. The van der Waals surface area contributed by atoms with Crippen molar-refractivity contribution in [3.63, 3.8) is 0 Å². The van der Waals surface area contributed by atoms with Crippen molar-refractivity contribution >= 4 is 11.8 Å². The molecule has 0 radical (unpaired) electrons. The van der Waals surface area contributed by atoms with Crippen LogP contribution in [0.4, 0.5) is 0 Å². The molecule has 14 heavy (non-hydrogen) atoms. The molecule has 1 aromatic rings. The average molecular weight is 208 g/mol. The summed E-state index contributed by atoms with van der Waals surface area (Å²) in [5.74, 6) is 1.28. The molecule has 2 heteroatoms. The first-order chi connectivity index (χ1) is 6.50. The number of benzene rings is 1. The third-order valence-corrected chi connectivity index (χ3v) is 4.06. The third kappa shape index (κ3) is 1.57.